The van der Waals surface area contributed by atoms with Gasteiger partial charge in [0.1, 0.15) is 0 Å². The zero-order valence-electron chi connectivity index (χ0n) is 9.83. The van der Waals surface area contributed by atoms with E-state index in [1.807, 2.05) is 6.92 Å². The Morgan fingerprint density at radius 1 is 1.31 bits per heavy atom. The second-order valence-electron chi connectivity index (χ2n) is 3.87. The van der Waals surface area contributed by atoms with Crippen LogP contribution in [0.1, 0.15) is 26.2 Å². The Labute approximate surface area is 96.1 Å². The molecule has 0 aromatic carbocycles. The first-order valence-electron chi connectivity index (χ1n) is 5.86. The predicted molar refractivity (Wildman–Crippen MR) is 59.9 cm³/mol. The van der Waals surface area contributed by atoms with E-state index in [9.17, 15) is 9.59 Å². The number of hydrogen-bond acceptors (Lipinski definition) is 3. The summed E-state index contributed by atoms with van der Waals surface area (Å²) in [4.78, 5) is 24.6. The molecule has 0 unspecified atom stereocenters. The third-order valence-electron chi connectivity index (χ3n) is 2.56. The summed E-state index contributed by atoms with van der Waals surface area (Å²) in [5.41, 5.74) is 0. The predicted octanol–water partition coefficient (Wildman–Crippen LogP) is 0.152. The molecule has 1 rings (SSSR count). The van der Waals surface area contributed by atoms with Crippen LogP contribution in [0.2, 0.25) is 0 Å². The Morgan fingerprint density at radius 3 is 2.62 bits per heavy atom. The van der Waals surface area contributed by atoms with Crippen LogP contribution in [0.15, 0.2) is 0 Å². The molecule has 0 radical (unpaired) electrons. The molecule has 92 valence electrons. The van der Waals surface area contributed by atoms with Gasteiger partial charge in [-0.15, -0.1) is 0 Å². The van der Waals surface area contributed by atoms with Gasteiger partial charge in [-0.05, 0) is 6.42 Å². The molecular weight excluding hydrogens is 208 g/mol. The van der Waals surface area contributed by atoms with E-state index in [0.717, 1.165) is 12.8 Å². The average molecular weight is 228 g/mol. The summed E-state index contributed by atoms with van der Waals surface area (Å²) in [7, 11) is 0. The summed E-state index contributed by atoms with van der Waals surface area (Å²) >= 11 is 0. The Hall–Kier alpha value is -1.10. The zero-order valence-corrected chi connectivity index (χ0v) is 9.83. The number of nitrogens with zero attached hydrogens (tertiary/aromatic N) is 1. The van der Waals surface area contributed by atoms with Gasteiger partial charge in [0, 0.05) is 19.5 Å². The Morgan fingerprint density at radius 2 is 2.00 bits per heavy atom. The van der Waals surface area contributed by atoms with E-state index in [4.69, 9.17) is 4.74 Å². The Kier molecular flexibility index (Phi) is 5.85. The molecule has 1 aliphatic rings. The average Bonchev–Trinajstić information content (AvgIpc) is 2.34. The topological polar surface area (TPSA) is 58.6 Å². The monoisotopic (exact) mass is 228 g/mol. The maximum Gasteiger partial charge on any atom is 0.242 e. The highest BCUT2D eigenvalue weighted by atomic mass is 16.5. The second kappa shape index (κ2) is 7.22. The summed E-state index contributed by atoms with van der Waals surface area (Å²) in [6, 6.07) is 0. The van der Waals surface area contributed by atoms with Crippen LogP contribution in [0.3, 0.4) is 0 Å². The Balaban J connectivity index is 2.15. The lowest BCUT2D eigenvalue weighted by Crippen LogP contribution is -2.45. The number of carbonyl (C=O) groups excluding carboxylic acids is 2. The fourth-order valence-electron chi connectivity index (χ4n) is 1.52. The number of morpholine rings is 1. The van der Waals surface area contributed by atoms with Gasteiger partial charge in [-0.2, -0.15) is 0 Å². The maximum absolute atomic E-state index is 11.6. The maximum atomic E-state index is 11.6. The lowest BCUT2D eigenvalue weighted by molar-refractivity contribution is -0.136. The molecule has 5 heteroatoms. The fourth-order valence-corrected chi connectivity index (χ4v) is 1.52. The standard InChI is InChI=1S/C11H20N2O3/c1-2-3-4-10(14)12-9-11(15)13-5-7-16-8-6-13/h2-9H2,1H3,(H,12,14). The van der Waals surface area contributed by atoms with Gasteiger partial charge in [0.25, 0.3) is 0 Å². The highest BCUT2D eigenvalue weighted by Crippen LogP contribution is 1.97. The van der Waals surface area contributed by atoms with Gasteiger partial charge in [0.2, 0.25) is 11.8 Å². The molecule has 0 aliphatic carbocycles. The van der Waals surface area contributed by atoms with Crippen molar-refractivity contribution in [2.24, 2.45) is 0 Å². The van der Waals surface area contributed by atoms with Gasteiger partial charge < -0.3 is 15.0 Å². The van der Waals surface area contributed by atoms with Crippen molar-refractivity contribution in [2.45, 2.75) is 26.2 Å². The van der Waals surface area contributed by atoms with Crippen molar-refractivity contribution < 1.29 is 14.3 Å². The van der Waals surface area contributed by atoms with Crippen LogP contribution >= 0.6 is 0 Å². The van der Waals surface area contributed by atoms with Gasteiger partial charge in [-0.1, -0.05) is 13.3 Å². The minimum absolute atomic E-state index is 0.0202. The van der Waals surface area contributed by atoms with Crippen LogP contribution < -0.4 is 5.32 Å². The normalized spacial score (nSPS) is 15.9. The van der Waals surface area contributed by atoms with Crippen LogP contribution in [0.5, 0.6) is 0 Å². The molecule has 1 saturated heterocycles. The Bertz CT molecular complexity index is 237. The lowest BCUT2D eigenvalue weighted by Gasteiger charge is -2.26. The van der Waals surface area contributed by atoms with Crippen LogP contribution in [0, 0.1) is 0 Å². The quantitative estimate of drug-likeness (QED) is 0.729. The zero-order chi connectivity index (χ0) is 11.8. The van der Waals surface area contributed by atoms with Gasteiger partial charge >= 0.3 is 0 Å². The van der Waals surface area contributed by atoms with E-state index in [0.29, 0.717) is 32.7 Å². The second-order valence-corrected chi connectivity index (χ2v) is 3.87. The van der Waals surface area contributed by atoms with E-state index in [1.165, 1.54) is 0 Å². The first-order valence-corrected chi connectivity index (χ1v) is 5.86. The molecule has 0 aromatic rings. The SMILES string of the molecule is CCCCC(=O)NCC(=O)N1CCOCC1. The largest absolute Gasteiger partial charge is 0.378 e. The van der Waals surface area contributed by atoms with E-state index in [2.05, 4.69) is 5.32 Å². The third kappa shape index (κ3) is 4.61. The van der Waals surface area contributed by atoms with Crippen LogP contribution in [-0.4, -0.2) is 49.6 Å². The summed E-state index contributed by atoms with van der Waals surface area (Å²) in [5, 5.41) is 2.64. The fraction of sp³-hybridized carbons (Fsp3) is 0.818. The highest BCUT2D eigenvalue weighted by molar-refractivity contribution is 5.84. The van der Waals surface area contributed by atoms with E-state index in [1.54, 1.807) is 4.90 Å². The van der Waals surface area contributed by atoms with E-state index >= 15 is 0 Å². The van der Waals surface area contributed by atoms with Crippen molar-refractivity contribution in [3.63, 3.8) is 0 Å². The number of rotatable bonds is 5. The van der Waals surface area contributed by atoms with Gasteiger partial charge in [0.05, 0.1) is 19.8 Å². The molecule has 2 amide bonds. The smallest absolute Gasteiger partial charge is 0.242 e. The molecule has 0 bridgehead atoms. The molecular formula is C11H20N2O3. The number of unbranched alkanes of at least 4 members (excludes halogenated alkanes) is 1. The van der Waals surface area contributed by atoms with Crippen LogP contribution in [-0.2, 0) is 14.3 Å². The summed E-state index contributed by atoms with van der Waals surface area (Å²) < 4.78 is 5.15. The summed E-state index contributed by atoms with van der Waals surface area (Å²) in [5.74, 6) is -0.0587. The molecule has 5 nitrogen and oxygen atoms in total. The molecule has 0 aromatic heterocycles. The first kappa shape index (κ1) is 13.0. The number of carbonyl (C=O) groups is 2. The van der Waals surface area contributed by atoms with Gasteiger partial charge in [-0.25, -0.2) is 0 Å². The van der Waals surface area contributed by atoms with Crippen LogP contribution in [0.4, 0.5) is 0 Å². The molecule has 1 N–H and O–H groups in total. The minimum Gasteiger partial charge on any atom is -0.378 e. The van der Waals surface area contributed by atoms with Gasteiger partial charge in [-0.3, -0.25) is 9.59 Å². The third-order valence-corrected chi connectivity index (χ3v) is 2.56. The molecule has 1 heterocycles. The molecule has 0 atom stereocenters. The molecule has 0 saturated carbocycles. The molecule has 0 spiro atoms. The number of ether oxygens (including phenoxy) is 1. The number of amides is 2. The molecule has 1 fully saturated rings. The molecule has 1 aliphatic heterocycles. The van der Waals surface area contributed by atoms with Crippen molar-refractivity contribution in [1.82, 2.24) is 10.2 Å². The lowest BCUT2D eigenvalue weighted by atomic mass is 10.2. The van der Waals surface area contributed by atoms with Crippen molar-refractivity contribution >= 4 is 11.8 Å². The van der Waals surface area contributed by atoms with Crippen molar-refractivity contribution in [1.29, 1.82) is 0 Å². The van der Waals surface area contributed by atoms with Crippen LogP contribution in [0.25, 0.3) is 0 Å². The summed E-state index contributed by atoms with van der Waals surface area (Å²) in [6.45, 7) is 4.59. The van der Waals surface area contributed by atoms with Crippen molar-refractivity contribution in [3.8, 4) is 0 Å². The van der Waals surface area contributed by atoms with E-state index < -0.39 is 0 Å². The summed E-state index contributed by atoms with van der Waals surface area (Å²) in [6.07, 6.45) is 2.37. The van der Waals surface area contributed by atoms with Crippen molar-refractivity contribution in [2.75, 3.05) is 32.8 Å². The molecule has 16 heavy (non-hydrogen) atoms. The van der Waals surface area contributed by atoms with E-state index in [-0.39, 0.29) is 18.4 Å². The van der Waals surface area contributed by atoms with Crippen molar-refractivity contribution in [3.05, 3.63) is 0 Å². The highest BCUT2D eigenvalue weighted by Gasteiger charge is 2.16. The van der Waals surface area contributed by atoms with Gasteiger partial charge in [0.15, 0.2) is 0 Å². The minimum atomic E-state index is -0.0385. The first-order chi connectivity index (χ1) is 7.74. The number of hydrogen-bond donors (Lipinski definition) is 1. The number of nitrogens with one attached hydrogen (secondary N) is 1.